The molecule has 0 saturated heterocycles. The van der Waals surface area contributed by atoms with Gasteiger partial charge in [-0.05, 0) is 24.1 Å². The van der Waals surface area contributed by atoms with E-state index in [1.165, 1.54) is 12.1 Å². The molecule has 78 valence electrons. The van der Waals surface area contributed by atoms with E-state index >= 15 is 0 Å². The number of ether oxygens (including phenoxy) is 1. The molecule has 1 rings (SSSR count). The number of phenolic OH excluding ortho intramolecular Hbond substituents is 1. The third-order valence-electron chi connectivity index (χ3n) is 1.59. The van der Waals surface area contributed by atoms with E-state index in [-0.39, 0.29) is 5.75 Å². The number of aromatic hydroxyl groups is 1. The van der Waals surface area contributed by atoms with Crippen LogP contribution in [-0.2, 0) is 6.42 Å². The van der Waals surface area contributed by atoms with Crippen LogP contribution in [0.1, 0.15) is 12.5 Å². The Hall–Kier alpha value is -1.39. The Bertz CT molecular complexity index is 320. The first-order chi connectivity index (χ1) is 6.40. The van der Waals surface area contributed by atoms with Gasteiger partial charge in [-0.3, -0.25) is 0 Å². The minimum absolute atomic E-state index is 0.233. The van der Waals surface area contributed by atoms with Crippen LogP contribution in [-0.4, -0.2) is 11.5 Å². The smallest absolute Gasteiger partial charge is 0.508 e. The highest BCUT2D eigenvalue weighted by atomic mass is 19.4. The van der Waals surface area contributed by atoms with Crippen LogP contribution in [0.3, 0.4) is 0 Å². The number of hydrogen-bond donors (Lipinski definition) is 1. The number of benzene rings is 1. The van der Waals surface area contributed by atoms with Gasteiger partial charge >= 0.3 is 6.36 Å². The number of hydrogen-bond acceptors (Lipinski definition) is 2. The molecule has 0 heterocycles. The van der Waals surface area contributed by atoms with E-state index in [4.69, 9.17) is 5.11 Å². The summed E-state index contributed by atoms with van der Waals surface area (Å²) in [6.07, 6.45) is -4.19. The number of halogens is 3. The van der Waals surface area contributed by atoms with E-state index in [2.05, 4.69) is 4.74 Å². The number of phenols is 1. The highest BCUT2D eigenvalue weighted by Gasteiger charge is 2.31. The summed E-state index contributed by atoms with van der Waals surface area (Å²) in [4.78, 5) is 0. The fraction of sp³-hybridized carbons (Fsp3) is 0.333. The average Bonchev–Trinajstić information content (AvgIpc) is 1.99. The van der Waals surface area contributed by atoms with Gasteiger partial charge in [-0.1, -0.05) is 6.92 Å². The molecule has 0 saturated carbocycles. The average molecular weight is 206 g/mol. The summed E-state index contributed by atoms with van der Waals surface area (Å²) >= 11 is 0. The highest BCUT2D eigenvalue weighted by Crippen LogP contribution is 2.27. The number of alkyl halides is 3. The van der Waals surface area contributed by atoms with Gasteiger partial charge in [0.05, 0.1) is 0 Å². The zero-order chi connectivity index (χ0) is 10.8. The molecule has 0 radical (unpaired) electrons. The first-order valence-corrected chi connectivity index (χ1v) is 3.99. The standard InChI is InChI=1S/C9H9F3O2/c1-2-6-3-7(13)5-8(4-6)14-9(10,11)12/h3-5,13H,2H2,1H3. The Balaban J connectivity index is 2.92. The Morgan fingerprint density at radius 1 is 1.29 bits per heavy atom. The molecule has 5 heteroatoms. The molecule has 0 aromatic heterocycles. The van der Waals surface area contributed by atoms with E-state index in [1.807, 2.05) is 0 Å². The summed E-state index contributed by atoms with van der Waals surface area (Å²) in [6.45, 7) is 1.77. The fourth-order valence-electron chi connectivity index (χ4n) is 1.04. The van der Waals surface area contributed by atoms with Gasteiger partial charge in [0.1, 0.15) is 11.5 Å². The lowest BCUT2D eigenvalue weighted by Gasteiger charge is -2.10. The minimum Gasteiger partial charge on any atom is -0.508 e. The molecule has 14 heavy (non-hydrogen) atoms. The molecule has 0 spiro atoms. The topological polar surface area (TPSA) is 29.5 Å². The second-order valence-electron chi connectivity index (χ2n) is 2.74. The van der Waals surface area contributed by atoms with E-state index in [0.29, 0.717) is 12.0 Å². The maximum absolute atomic E-state index is 11.8. The molecule has 0 aliphatic rings. The summed E-state index contributed by atoms with van der Waals surface area (Å²) < 4.78 is 39.1. The van der Waals surface area contributed by atoms with Crippen LogP contribution in [0.25, 0.3) is 0 Å². The van der Waals surface area contributed by atoms with Gasteiger partial charge in [0.15, 0.2) is 0 Å². The number of rotatable bonds is 2. The summed E-state index contributed by atoms with van der Waals surface area (Å²) in [5, 5.41) is 9.07. The molecular weight excluding hydrogens is 197 g/mol. The predicted molar refractivity (Wildman–Crippen MR) is 44.2 cm³/mol. The van der Waals surface area contributed by atoms with Crippen molar-refractivity contribution in [1.29, 1.82) is 0 Å². The number of aryl methyl sites for hydroxylation is 1. The van der Waals surface area contributed by atoms with Crippen molar-refractivity contribution in [2.45, 2.75) is 19.7 Å². The first kappa shape index (κ1) is 10.7. The SMILES string of the molecule is CCc1cc(O)cc(OC(F)(F)F)c1. The van der Waals surface area contributed by atoms with Crippen molar-refractivity contribution >= 4 is 0 Å². The Kier molecular flexibility index (Phi) is 2.88. The summed E-state index contributed by atoms with van der Waals surface area (Å²) in [6, 6.07) is 3.56. The van der Waals surface area contributed by atoms with E-state index in [0.717, 1.165) is 6.07 Å². The second kappa shape index (κ2) is 3.77. The van der Waals surface area contributed by atoms with Crippen LogP contribution in [0.2, 0.25) is 0 Å². The van der Waals surface area contributed by atoms with Gasteiger partial charge in [0, 0.05) is 6.07 Å². The summed E-state index contributed by atoms with van der Waals surface area (Å²) in [7, 11) is 0. The molecule has 1 aromatic rings. The maximum Gasteiger partial charge on any atom is 0.573 e. The summed E-state index contributed by atoms with van der Waals surface area (Å²) in [5.74, 6) is -0.627. The molecule has 0 fully saturated rings. The quantitative estimate of drug-likeness (QED) is 0.806. The fourth-order valence-corrected chi connectivity index (χ4v) is 1.04. The Labute approximate surface area is 78.9 Å². The Morgan fingerprint density at radius 2 is 1.93 bits per heavy atom. The van der Waals surface area contributed by atoms with Crippen molar-refractivity contribution in [2.24, 2.45) is 0 Å². The van der Waals surface area contributed by atoms with E-state index in [9.17, 15) is 13.2 Å². The van der Waals surface area contributed by atoms with Crippen LogP contribution in [0.5, 0.6) is 11.5 Å². The van der Waals surface area contributed by atoms with Gasteiger partial charge in [-0.2, -0.15) is 0 Å². The molecule has 2 nitrogen and oxygen atoms in total. The largest absolute Gasteiger partial charge is 0.573 e. The molecule has 0 aliphatic carbocycles. The molecule has 0 unspecified atom stereocenters. The van der Waals surface area contributed by atoms with Crippen molar-refractivity contribution in [3.8, 4) is 11.5 Å². The normalized spacial score (nSPS) is 11.4. The van der Waals surface area contributed by atoms with Crippen LogP contribution >= 0.6 is 0 Å². The second-order valence-corrected chi connectivity index (χ2v) is 2.74. The predicted octanol–water partition coefficient (Wildman–Crippen LogP) is 2.85. The summed E-state index contributed by atoms with van der Waals surface area (Å²) in [5.41, 5.74) is 0.587. The minimum atomic E-state index is -4.72. The van der Waals surface area contributed by atoms with Crippen molar-refractivity contribution in [3.05, 3.63) is 23.8 Å². The van der Waals surface area contributed by atoms with Gasteiger partial charge in [0.25, 0.3) is 0 Å². The Morgan fingerprint density at radius 3 is 2.43 bits per heavy atom. The first-order valence-electron chi connectivity index (χ1n) is 3.99. The molecular formula is C9H9F3O2. The van der Waals surface area contributed by atoms with Crippen LogP contribution in [0.4, 0.5) is 13.2 Å². The zero-order valence-corrected chi connectivity index (χ0v) is 7.43. The molecule has 0 atom stereocenters. The van der Waals surface area contributed by atoms with Crippen molar-refractivity contribution in [3.63, 3.8) is 0 Å². The lowest BCUT2D eigenvalue weighted by Crippen LogP contribution is -2.17. The molecule has 1 N–H and O–H groups in total. The third-order valence-corrected chi connectivity index (χ3v) is 1.59. The van der Waals surface area contributed by atoms with Gasteiger partial charge in [-0.25, -0.2) is 0 Å². The molecule has 0 bridgehead atoms. The van der Waals surface area contributed by atoms with Crippen molar-refractivity contribution < 1.29 is 23.0 Å². The van der Waals surface area contributed by atoms with Gasteiger partial charge in [0.2, 0.25) is 0 Å². The van der Waals surface area contributed by atoms with Gasteiger partial charge < -0.3 is 9.84 Å². The zero-order valence-electron chi connectivity index (χ0n) is 7.43. The lowest BCUT2D eigenvalue weighted by atomic mass is 10.1. The molecule has 0 aliphatic heterocycles. The maximum atomic E-state index is 11.8. The van der Waals surface area contributed by atoms with E-state index < -0.39 is 12.1 Å². The lowest BCUT2D eigenvalue weighted by molar-refractivity contribution is -0.274. The monoisotopic (exact) mass is 206 g/mol. The van der Waals surface area contributed by atoms with Crippen LogP contribution in [0, 0.1) is 0 Å². The van der Waals surface area contributed by atoms with E-state index in [1.54, 1.807) is 6.92 Å². The molecule has 1 aromatic carbocycles. The molecule has 0 amide bonds. The highest BCUT2D eigenvalue weighted by molar-refractivity contribution is 5.37. The van der Waals surface area contributed by atoms with Gasteiger partial charge in [-0.15, -0.1) is 13.2 Å². The van der Waals surface area contributed by atoms with Crippen molar-refractivity contribution in [2.75, 3.05) is 0 Å². The van der Waals surface area contributed by atoms with Crippen LogP contribution < -0.4 is 4.74 Å². The third kappa shape index (κ3) is 3.16. The van der Waals surface area contributed by atoms with Crippen molar-refractivity contribution in [1.82, 2.24) is 0 Å². The van der Waals surface area contributed by atoms with Crippen LogP contribution in [0.15, 0.2) is 18.2 Å².